The summed E-state index contributed by atoms with van der Waals surface area (Å²) in [6.45, 7) is 0.401. The molecule has 1 atom stereocenters. The second-order valence-electron chi connectivity index (χ2n) is 2.91. The van der Waals surface area contributed by atoms with Crippen molar-refractivity contribution in [2.45, 2.75) is 6.04 Å². The lowest BCUT2D eigenvalue weighted by Gasteiger charge is -2.09. The summed E-state index contributed by atoms with van der Waals surface area (Å²) < 4.78 is 4.88. The third-order valence-electron chi connectivity index (χ3n) is 1.88. The van der Waals surface area contributed by atoms with Crippen LogP contribution in [0.15, 0.2) is 24.3 Å². The van der Waals surface area contributed by atoms with Crippen LogP contribution in [-0.2, 0) is 4.74 Å². The molecule has 14 heavy (non-hydrogen) atoms. The molecule has 0 aromatic heterocycles. The van der Waals surface area contributed by atoms with Gasteiger partial charge in [0.2, 0.25) is 0 Å². The first-order valence-electron chi connectivity index (χ1n) is 4.14. The third-order valence-corrected chi connectivity index (χ3v) is 1.88. The van der Waals surface area contributed by atoms with Gasteiger partial charge in [-0.15, -0.1) is 0 Å². The molecular formula is C9H12N2O3. The molecule has 0 aliphatic rings. The zero-order valence-corrected chi connectivity index (χ0v) is 7.84. The average Bonchev–Trinajstić information content (AvgIpc) is 2.18. The van der Waals surface area contributed by atoms with Gasteiger partial charge < -0.3 is 10.5 Å². The molecule has 0 fully saturated rings. The first-order valence-corrected chi connectivity index (χ1v) is 4.14. The van der Waals surface area contributed by atoms with E-state index in [-0.39, 0.29) is 11.7 Å². The van der Waals surface area contributed by atoms with E-state index in [2.05, 4.69) is 0 Å². The lowest BCUT2D eigenvalue weighted by molar-refractivity contribution is -0.384. The number of hydrogen-bond donors (Lipinski definition) is 1. The van der Waals surface area contributed by atoms with Crippen LogP contribution in [0.2, 0.25) is 0 Å². The third kappa shape index (κ3) is 2.51. The number of hydrogen-bond acceptors (Lipinski definition) is 4. The lowest BCUT2D eigenvalue weighted by Crippen LogP contribution is -2.15. The molecule has 0 aliphatic heterocycles. The summed E-state index contributed by atoms with van der Waals surface area (Å²) in [5, 5.41) is 10.4. The summed E-state index contributed by atoms with van der Waals surface area (Å²) in [4.78, 5) is 9.92. The summed E-state index contributed by atoms with van der Waals surface area (Å²) >= 11 is 0. The Labute approximate surface area is 81.6 Å². The SMILES string of the molecule is COC[C@H](N)c1ccc([N+](=O)[O-])cc1. The van der Waals surface area contributed by atoms with Crippen molar-refractivity contribution in [3.05, 3.63) is 39.9 Å². The van der Waals surface area contributed by atoms with Crippen molar-refractivity contribution >= 4 is 5.69 Å². The Morgan fingerprint density at radius 1 is 1.50 bits per heavy atom. The van der Waals surface area contributed by atoms with Crippen molar-refractivity contribution in [3.8, 4) is 0 Å². The summed E-state index contributed by atoms with van der Waals surface area (Å²) in [5.41, 5.74) is 6.64. The molecule has 1 aromatic rings. The minimum Gasteiger partial charge on any atom is -0.383 e. The van der Waals surface area contributed by atoms with Gasteiger partial charge in [0, 0.05) is 19.2 Å². The minimum absolute atomic E-state index is 0.0679. The van der Waals surface area contributed by atoms with E-state index in [0.29, 0.717) is 6.61 Å². The number of nitro benzene ring substituents is 1. The number of nitrogens with zero attached hydrogens (tertiary/aromatic N) is 1. The summed E-state index contributed by atoms with van der Waals surface area (Å²) in [5.74, 6) is 0. The van der Waals surface area contributed by atoms with Gasteiger partial charge in [-0.25, -0.2) is 0 Å². The standard InChI is InChI=1S/C9H12N2O3/c1-14-6-9(10)7-2-4-8(5-3-7)11(12)13/h2-5,9H,6,10H2,1H3/t9-/m0/s1. The molecule has 0 spiro atoms. The lowest BCUT2D eigenvalue weighted by atomic mass is 10.1. The molecule has 2 N–H and O–H groups in total. The number of nitrogens with two attached hydrogens (primary N) is 1. The molecule has 76 valence electrons. The maximum Gasteiger partial charge on any atom is 0.269 e. The molecule has 0 heterocycles. The maximum atomic E-state index is 10.4. The normalized spacial score (nSPS) is 12.4. The average molecular weight is 196 g/mol. The number of rotatable bonds is 4. The fourth-order valence-electron chi connectivity index (χ4n) is 1.12. The molecule has 1 aromatic carbocycles. The van der Waals surface area contributed by atoms with Crippen molar-refractivity contribution in [2.75, 3.05) is 13.7 Å². The Bertz CT molecular complexity index is 310. The Hall–Kier alpha value is -1.46. The minimum atomic E-state index is -0.439. The van der Waals surface area contributed by atoms with Crippen LogP contribution >= 0.6 is 0 Å². The van der Waals surface area contributed by atoms with Crippen LogP contribution in [0.5, 0.6) is 0 Å². The van der Waals surface area contributed by atoms with Gasteiger partial charge >= 0.3 is 0 Å². The fraction of sp³-hybridized carbons (Fsp3) is 0.333. The zero-order chi connectivity index (χ0) is 10.6. The molecule has 5 heteroatoms. The molecule has 0 unspecified atom stereocenters. The first kappa shape index (κ1) is 10.6. The highest BCUT2D eigenvalue weighted by molar-refractivity contribution is 5.34. The van der Waals surface area contributed by atoms with Crippen LogP contribution in [-0.4, -0.2) is 18.6 Å². The number of methoxy groups -OCH3 is 1. The van der Waals surface area contributed by atoms with Crippen LogP contribution in [0, 0.1) is 10.1 Å². The van der Waals surface area contributed by atoms with E-state index < -0.39 is 4.92 Å². The van der Waals surface area contributed by atoms with E-state index in [1.165, 1.54) is 12.1 Å². The number of nitro groups is 1. The molecule has 0 saturated heterocycles. The number of non-ortho nitro benzene ring substituents is 1. The van der Waals surface area contributed by atoms with Gasteiger partial charge in [-0.1, -0.05) is 12.1 Å². The van der Waals surface area contributed by atoms with Gasteiger partial charge in [-0.3, -0.25) is 10.1 Å². The van der Waals surface area contributed by atoms with Crippen LogP contribution in [0.3, 0.4) is 0 Å². The Kier molecular flexibility index (Phi) is 3.55. The summed E-state index contributed by atoms with van der Waals surface area (Å²) in [6.07, 6.45) is 0. The smallest absolute Gasteiger partial charge is 0.269 e. The van der Waals surface area contributed by atoms with Crippen molar-refractivity contribution in [1.29, 1.82) is 0 Å². The van der Waals surface area contributed by atoms with Gasteiger partial charge in [0.25, 0.3) is 5.69 Å². The largest absolute Gasteiger partial charge is 0.383 e. The molecule has 5 nitrogen and oxygen atoms in total. The molecule has 0 radical (unpaired) electrons. The van der Waals surface area contributed by atoms with E-state index in [0.717, 1.165) is 5.56 Å². The summed E-state index contributed by atoms with van der Waals surface area (Å²) in [6, 6.07) is 5.92. The van der Waals surface area contributed by atoms with Crippen molar-refractivity contribution in [2.24, 2.45) is 5.73 Å². The molecule has 1 rings (SSSR count). The molecule has 0 saturated carbocycles. The molecule has 0 amide bonds. The van der Waals surface area contributed by atoms with Crippen molar-refractivity contribution < 1.29 is 9.66 Å². The predicted octanol–water partition coefficient (Wildman–Crippen LogP) is 1.24. The monoisotopic (exact) mass is 196 g/mol. The highest BCUT2D eigenvalue weighted by Gasteiger charge is 2.08. The van der Waals surface area contributed by atoms with Crippen molar-refractivity contribution in [3.63, 3.8) is 0 Å². The van der Waals surface area contributed by atoms with Crippen LogP contribution in [0.1, 0.15) is 11.6 Å². The highest BCUT2D eigenvalue weighted by atomic mass is 16.6. The number of ether oxygens (including phenoxy) is 1. The van der Waals surface area contributed by atoms with E-state index in [1.54, 1.807) is 19.2 Å². The first-order chi connectivity index (χ1) is 6.65. The Balaban J connectivity index is 2.77. The van der Waals surface area contributed by atoms with E-state index in [4.69, 9.17) is 10.5 Å². The van der Waals surface area contributed by atoms with Gasteiger partial charge in [0.1, 0.15) is 0 Å². The molecule has 0 bridgehead atoms. The number of benzene rings is 1. The Morgan fingerprint density at radius 2 is 2.07 bits per heavy atom. The van der Waals surface area contributed by atoms with Crippen molar-refractivity contribution in [1.82, 2.24) is 0 Å². The van der Waals surface area contributed by atoms with Crippen LogP contribution in [0.4, 0.5) is 5.69 Å². The molecular weight excluding hydrogens is 184 g/mol. The maximum absolute atomic E-state index is 10.4. The predicted molar refractivity (Wildman–Crippen MR) is 51.9 cm³/mol. The second-order valence-corrected chi connectivity index (χ2v) is 2.91. The van der Waals surface area contributed by atoms with Gasteiger partial charge in [-0.05, 0) is 5.56 Å². The van der Waals surface area contributed by atoms with E-state index in [1.807, 2.05) is 0 Å². The second kappa shape index (κ2) is 4.69. The Morgan fingerprint density at radius 3 is 2.50 bits per heavy atom. The quantitative estimate of drug-likeness (QED) is 0.580. The van der Waals surface area contributed by atoms with Gasteiger partial charge in [-0.2, -0.15) is 0 Å². The molecule has 0 aliphatic carbocycles. The van der Waals surface area contributed by atoms with E-state index in [9.17, 15) is 10.1 Å². The van der Waals surface area contributed by atoms with E-state index >= 15 is 0 Å². The fourth-order valence-corrected chi connectivity index (χ4v) is 1.12. The summed E-state index contributed by atoms with van der Waals surface area (Å²) in [7, 11) is 1.56. The van der Waals surface area contributed by atoms with Gasteiger partial charge in [0.15, 0.2) is 0 Å². The zero-order valence-electron chi connectivity index (χ0n) is 7.84. The van der Waals surface area contributed by atoms with Crippen LogP contribution in [0.25, 0.3) is 0 Å². The van der Waals surface area contributed by atoms with Gasteiger partial charge in [0.05, 0.1) is 17.6 Å². The topological polar surface area (TPSA) is 78.4 Å². The van der Waals surface area contributed by atoms with Crippen LogP contribution < -0.4 is 5.73 Å². The highest BCUT2D eigenvalue weighted by Crippen LogP contribution is 2.16.